The number of hydrogen-bond acceptors (Lipinski definition) is 6. The predicted molar refractivity (Wildman–Crippen MR) is 144 cm³/mol. The summed E-state index contributed by atoms with van der Waals surface area (Å²) in [5, 5.41) is 15.4. The van der Waals surface area contributed by atoms with Crippen LogP contribution in [0.4, 0.5) is 0 Å². The van der Waals surface area contributed by atoms with Gasteiger partial charge in [-0.05, 0) is 61.5 Å². The fraction of sp³-hybridized carbons (Fsp3) is 0.467. The fourth-order valence-corrected chi connectivity index (χ4v) is 4.61. The van der Waals surface area contributed by atoms with Gasteiger partial charge in [-0.15, -0.1) is 11.7 Å². The summed E-state index contributed by atoms with van der Waals surface area (Å²) >= 11 is 0. The molecule has 3 atom stereocenters. The van der Waals surface area contributed by atoms with E-state index in [9.17, 15) is 0 Å². The number of oxime groups is 2. The number of nitrogens with zero attached hydrogens (tertiary/aromatic N) is 2. The van der Waals surface area contributed by atoms with E-state index in [4.69, 9.17) is 19.5 Å². The molecular formula is C30H40N2O4. The van der Waals surface area contributed by atoms with Gasteiger partial charge in [-0.1, -0.05) is 71.9 Å². The Morgan fingerprint density at radius 2 is 1.67 bits per heavy atom. The van der Waals surface area contributed by atoms with E-state index in [1.807, 2.05) is 42.5 Å². The predicted octanol–water partition coefficient (Wildman–Crippen LogP) is 6.64. The molecule has 1 heterocycles. The van der Waals surface area contributed by atoms with Gasteiger partial charge in [-0.3, -0.25) is 0 Å². The highest BCUT2D eigenvalue weighted by molar-refractivity contribution is 5.89. The third-order valence-corrected chi connectivity index (χ3v) is 6.77. The van der Waals surface area contributed by atoms with Gasteiger partial charge in [0.25, 0.3) is 0 Å². The number of fused-ring (bicyclic) bond motifs is 1. The zero-order valence-electron chi connectivity index (χ0n) is 21.2. The third-order valence-electron chi connectivity index (χ3n) is 6.77. The lowest BCUT2D eigenvalue weighted by Gasteiger charge is -2.14. The molecule has 0 bridgehead atoms. The standard InChI is InChI=1S/C15H19NO2.C15H21NO2/c1-2-4-12(5-3-1)10-17-9-8-13-6-7-15-14(13)11-18-16-15;1-2-14(9-6-11-16-17)10-12-18-13-15-7-4-3-5-8-15/h1-5,13-14H,6-11H2;2-5,7-8,11,14,17H,1,6,9-10,12-13H2/b;16-11+. The van der Waals surface area contributed by atoms with Crippen molar-refractivity contribution in [2.75, 3.05) is 19.8 Å². The first-order valence-corrected chi connectivity index (χ1v) is 13.0. The van der Waals surface area contributed by atoms with E-state index < -0.39 is 0 Å². The van der Waals surface area contributed by atoms with Gasteiger partial charge in [0.2, 0.25) is 0 Å². The molecule has 3 unspecified atom stereocenters. The molecule has 0 amide bonds. The average Bonchev–Trinajstić information content (AvgIpc) is 3.55. The van der Waals surface area contributed by atoms with Crippen molar-refractivity contribution in [3.05, 3.63) is 84.4 Å². The highest BCUT2D eigenvalue weighted by Crippen LogP contribution is 2.35. The molecule has 1 N–H and O–H groups in total. The molecule has 6 heteroatoms. The molecule has 1 aliphatic carbocycles. The average molecular weight is 493 g/mol. The van der Waals surface area contributed by atoms with Gasteiger partial charge >= 0.3 is 0 Å². The minimum atomic E-state index is 0.416. The lowest BCUT2D eigenvalue weighted by atomic mass is 9.94. The normalized spacial score (nSPS) is 19.2. The summed E-state index contributed by atoms with van der Waals surface area (Å²) in [7, 11) is 0. The highest BCUT2D eigenvalue weighted by Gasteiger charge is 2.36. The maximum Gasteiger partial charge on any atom is 0.125 e. The van der Waals surface area contributed by atoms with Crippen LogP contribution in [-0.4, -0.2) is 37.0 Å². The number of ether oxygens (including phenoxy) is 2. The Hall–Kier alpha value is -2.96. The van der Waals surface area contributed by atoms with Crippen molar-refractivity contribution in [3.8, 4) is 0 Å². The van der Waals surface area contributed by atoms with E-state index in [1.54, 1.807) is 0 Å². The fourth-order valence-electron chi connectivity index (χ4n) is 4.61. The van der Waals surface area contributed by atoms with Crippen LogP contribution in [0.5, 0.6) is 0 Å². The number of allylic oxidation sites excluding steroid dienone is 1. The second kappa shape index (κ2) is 16.7. The minimum Gasteiger partial charge on any atom is -0.411 e. The Kier molecular flexibility index (Phi) is 12.8. The lowest BCUT2D eigenvalue weighted by Crippen LogP contribution is -2.16. The first-order chi connectivity index (χ1) is 17.8. The van der Waals surface area contributed by atoms with Crippen LogP contribution in [0.15, 0.2) is 83.6 Å². The smallest absolute Gasteiger partial charge is 0.125 e. The Labute approximate surface area is 215 Å². The highest BCUT2D eigenvalue weighted by atomic mass is 16.6. The van der Waals surface area contributed by atoms with Crippen molar-refractivity contribution >= 4 is 11.9 Å². The second-order valence-corrected chi connectivity index (χ2v) is 9.31. The molecule has 0 spiro atoms. The molecule has 36 heavy (non-hydrogen) atoms. The SMILES string of the molecule is C=CC(CC/C=N/O)CCOCc1ccccc1.c1ccc(COCCC2CCC3=NOCC32)cc1. The van der Waals surface area contributed by atoms with Crippen molar-refractivity contribution < 1.29 is 19.5 Å². The molecule has 2 aliphatic rings. The van der Waals surface area contributed by atoms with Crippen molar-refractivity contribution in [3.63, 3.8) is 0 Å². The summed E-state index contributed by atoms with van der Waals surface area (Å²) < 4.78 is 11.4. The van der Waals surface area contributed by atoms with Crippen LogP contribution in [0.3, 0.4) is 0 Å². The number of rotatable bonds is 14. The van der Waals surface area contributed by atoms with Crippen molar-refractivity contribution in [1.82, 2.24) is 0 Å². The summed E-state index contributed by atoms with van der Waals surface area (Å²) in [6.07, 6.45) is 9.62. The van der Waals surface area contributed by atoms with Crippen LogP contribution >= 0.6 is 0 Å². The van der Waals surface area contributed by atoms with Gasteiger partial charge in [0.1, 0.15) is 6.61 Å². The molecule has 0 saturated heterocycles. The molecule has 4 rings (SSSR count). The maximum atomic E-state index is 8.31. The van der Waals surface area contributed by atoms with Crippen LogP contribution in [0.1, 0.15) is 49.7 Å². The molecule has 2 aromatic rings. The summed E-state index contributed by atoms with van der Waals surface area (Å²) in [5.41, 5.74) is 3.72. The molecule has 1 saturated carbocycles. The van der Waals surface area contributed by atoms with E-state index in [0.717, 1.165) is 58.5 Å². The topological polar surface area (TPSA) is 72.6 Å². The van der Waals surface area contributed by atoms with Crippen LogP contribution in [0, 0.1) is 17.8 Å². The van der Waals surface area contributed by atoms with Gasteiger partial charge in [0.15, 0.2) is 0 Å². The Balaban J connectivity index is 0.000000201. The van der Waals surface area contributed by atoms with E-state index in [2.05, 4.69) is 41.2 Å². The van der Waals surface area contributed by atoms with Crippen molar-refractivity contribution in [1.29, 1.82) is 0 Å². The largest absolute Gasteiger partial charge is 0.411 e. The Morgan fingerprint density at radius 3 is 2.31 bits per heavy atom. The molecule has 0 aromatic heterocycles. The van der Waals surface area contributed by atoms with Gasteiger partial charge in [0, 0.05) is 25.3 Å². The van der Waals surface area contributed by atoms with Crippen LogP contribution in [-0.2, 0) is 27.5 Å². The van der Waals surface area contributed by atoms with Crippen molar-refractivity contribution in [2.24, 2.45) is 28.1 Å². The van der Waals surface area contributed by atoms with E-state index in [-0.39, 0.29) is 0 Å². The monoisotopic (exact) mass is 492 g/mol. The second-order valence-electron chi connectivity index (χ2n) is 9.31. The zero-order valence-corrected chi connectivity index (χ0v) is 21.2. The van der Waals surface area contributed by atoms with Gasteiger partial charge < -0.3 is 19.5 Å². The summed E-state index contributed by atoms with van der Waals surface area (Å²) in [6.45, 7) is 7.54. The summed E-state index contributed by atoms with van der Waals surface area (Å²) in [4.78, 5) is 5.16. The van der Waals surface area contributed by atoms with Crippen LogP contribution in [0.2, 0.25) is 0 Å². The molecular weight excluding hydrogens is 452 g/mol. The Bertz CT molecular complexity index is 917. The number of hydrogen-bond donors (Lipinski definition) is 1. The van der Waals surface area contributed by atoms with Gasteiger partial charge in [0.05, 0.1) is 18.9 Å². The Morgan fingerprint density at radius 1 is 1.00 bits per heavy atom. The quantitative estimate of drug-likeness (QED) is 0.105. The van der Waals surface area contributed by atoms with Crippen LogP contribution < -0.4 is 0 Å². The molecule has 6 nitrogen and oxygen atoms in total. The lowest BCUT2D eigenvalue weighted by molar-refractivity contribution is 0.0916. The number of benzene rings is 2. The van der Waals surface area contributed by atoms with Crippen molar-refractivity contribution in [2.45, 2.75) is 51.7 Å². The molecule has 1 aliphatic heterocycles. The van der Waals surface area contributed by atoms with Gasteiger partial charge in [-0.25, -0.2) is 0 Å². The summed E-state index contributed by atoms with van der Waals surface area (Å²) in [5.74, 6) is 1.70. The van der Waals surface area contributed by atoms with Gasteiger partial charge in [-0.2, -0.15) is 0 Å². The van der Waals surface area contributed by atoms with Crippen LogP contribution in [0.25, 0.3) is 0 Å². The maximum absolute atomic E-state index is 8.31. The third kappa shape index (κ3) is 9.96. The van der Waals surface area contributed by atoms with E-state index >= 15 is 0 Å². The van der Waals surface area contributed by atoms with E-state index in [1.165, 1.54) is 29.5 Å². The minimum absolute atomic E-state index is 0.416. The molecule has 0 radical (unpaired) electrons. The molecule has 1 fully saturated rings. The first kappa shape index (κ1) is 27.6. The first-order valence-electron chi connectivity index (χ1n) is 13.0. The molecule has 2 aromatic carbocycles. The summed E-state index contributed by atoms with van der Waals surface area (Å²) in [6, 6.07) is 20.5. The molecule has 194 valence electrons. The van der Waals surface area contributed by atoms with E-state index in [0.29, 0.717) is 24.4 Å². The zero-order chi connectivity index (χ0) is 25.3.